The fourth-order valence-electron chi connectivity index (χ4n) is 3.03. The first-order chi connectivity index (χ1) is 16.2. The van der Waals surface area contributed by atoms with Crippen LogP contribution in [0.5, 0.6) is 5.75 Å². The molecule has 0 N–H and O–H groups in total. The minimum absolute atomic E-state index is 0.0951. The first kappa shape index (κ1) is 25.0. The van der Waals surface area contributed by atoms with E-state index in [2.05, 4.69) is 10.1 Å². The van der Waals surface area contributed by atoms with Crippen molar-refractivity contribution in [3.05, 3.63) is 66.1 Å². The third kappa shape index (κ3) is 6.66. The summed E-state index contributed by atoms with van der Waals surface area (Å²) in [5.74, 6) is 0.688. The van der Waals surface area contributed by atoms with E-state index in [1.807, 2.05) is 65.0 Å². The van der Waals surface area contributed by atoms with E-state index < -0.39 is 11.6 Å². The monoisotopic (exact) mass is 465 g/mol. The Morgan fingerprint density at radius 3 is 2.35 bits per heavy atom. The minimum Gasteiger partial charge on any atom is -0.484 e. The summed E-state index contributed by atoms with van der Waals surface area (Å²) in [5.41, 5.74) is 0.739. The highest BCUT2D eigenvalue weighted by molar-refractivity contribution is 5.89. The molecule has 0 aliphatic rings. The number of carbonyl (C=O) groups excluding carboxylic acids is 2. The Bertz CT molecular complexity index is 1090. The maximum absolute atomic E-state index is 12.8. The predicted molar refractivity (Wildman–Crippen MR) is 127 cm³/mol. The highest BCUT2D eigenvalue weighted by Crippen LogP contribution is 2.20. The molecule has 180 valence electrons. The molecule has 0 saturated heterocycles. The van der Waals surface area contributed by atoms with E-state index in [-0.39, 0.29) is 25.1 Å². The first-order valence-corrected chi connectivity index (χ1v) is 11.3. The van der Waals surface area contributed by atoms with E-state index in [0.29, 0.717) is 29.4 Å². The fourth-order valence-corrected chi connectivity index (χ4v) is 3.03. The zero-order valence-corrected chi connectivity index (χ0v) is 20.3. The van der Waals surface area contributed by atoms with Gasteiger partial charge in [-0.2, -0.15) is 4.98 Å². The number of rotatable bonds is 10. The van der Waals surface area contributed by atoms with Crippen LogP contribution in [0, 0.1) is 0 Å². The largest absolute Gasteiger partial charge is 0.484 e. The normalized spacial score (nSPS) is 11.4. The summed E-state index contributed by atoms with van der Waals surface area (Å²) in [5, 5.41) is 4.01. The van der Waals surface area contributed by atoms with Crippen LogP contribution in [0.1, 0.15) is 57.3 Å². The number of nitrogens with zero attached hydrogens (tertiary/aromatic N) is 3. The van der Waals surface area contributed by atoms with E-state index in [1.165, 1.54) is 0 Å². The molecule has 0 radical (unpaired) electrons. The van der Waals surface area contributed by atoms with Crippen LogP contribution in [0.3, 0.4) is 0 Å². The molecule has 0 fully saturated rings. The fraction of sp³-hybridized carbons (Fsp3) is 0.385. The summed E-state index contributed by atoms with van der Waals surface area (Å²) in [6.07, 6.45) is 0.714. The van der Waals surface area contributed by atoms with Crippen LogP contribution in [0.15, 0.2) is 59.1 Å². The van der Waals surface area contributed by atoms with Gasteiger partial charge in [-0.25, -0.2) is 4.79 Å². The third-order valence-electron chi connectivity index (χ3n) is 5.42. The second kappa shape index (κ2) is 11.0. The molecular formula is C26H31N3O5. The molecular weight excluding hydrogens is 434 g/mol. The molecule has 0 bridgehead atoms. The van der Waals surface area contributed by atoms with Crippen molar-refractivity contribution in [3.63, 3.8) is 0 Å². The second-order valence-electron chi connectivity index (χ2n) is 8.81. The van der Waals surface area contributed by atoms with E-state index >= 15 is 0 Å². The lowest BCUT2D eigenvalue weighted by molar-refractivity contribution is -0.136. The Balaban J connectivity index is 1.58. The van der Waals surface area contributed by atoms with Gasteiger partial charge < -0.3 is 18.9 Å². The number of benzene rings is 2. The topological polar surface area (TPSA) is 94.8 Å². The van der Waals surface area contributed by atoms with Crippen molar-refractivity contribution < 1.29 is 23.6 Å². The van der Waals surface area contributed by atoms with Crippen LogP contribution >= 0.6 is 0 Å². The molecule has 0 aliphatic heterocycles. The highest BCUT2D eigenvalue weighted by Gasteiger charge is 2.23. The Morgan fingerprint density at radius 2 is 1.74 bits per heavy atom. The van der Waals surface area contributed by atoms with E-state index in [4.69, 9.17) is 14.0 Å². The Morgan fingerprint density at radius 1 is 1.06 bits per heavy atom. The van der Waals surface area contributed by atoms with Gasteiger partial charge in [0.15, 0.2) is 6.61 Å². The van der Waals surface area contributed by atoms with Crippen LogP contribution in [0.2, 0.25) is 0 Å². The van der Waals surface area contributed by atoms with Crippen LogP contribution in [-0.2, 0) is 16.1 Å². The minimum atomic E-state index is -0.529. The molecule has 3 rings (SSSR count). The van der Waals surface area contributed by atoms with Gasteiger partial charge in [-0.05, 0) is 58.4 Å². The van der Waals surface area contributed by atoms with Crippen LogP contribution in [0.25, 0.3) is 11.4 Å². The van der Waals surface area contributed by atoms with Crippen LogP contribution in [-0.4, -0.2) is 45.2 Å². The third-order valence-corrected chi connectivity index (χ3v) is 5.42. The summed E-state index contributed by atoms with van der Waals surface area (Å²) in [6, 6.07) is 15.9. The van der Waals surface area contributed by atoms with Crippen molar-refractivity contribution in [1.29, 1.82) is 0 Å². The number of carbonyl (C=O) groups is 2. The zero-order chi connectivity index (χ0) is 24.7. The summed E-state index contributed by atoms with van der Waals surface area (Å²) < 4.78 is 16.5. The van der Waals surface area contributed by atoms with Gasteiger partial charge in [-0.1, -0.05) is 42.4 Å². The van der Waals surface area contributed by atoms with E-state index in [1.54, 1.807) is 29.2 Å². The summed E-state index contributed by atoms with van der Waals surface area (Å²) in [4.78, 5) is 31.1. The van der Waals surface area contributed by atoms with E-state index in [0.717, 1.165) is 5.56 Å². The molecule has 34 heavy (non-hydrogen) atoms. The molecule has 1 aromatic heterocycles. The van der Waals surface area contributed by atoms with Crippen molar-refractivity contribution in [2.45, 2.75) is 59.2 Å². The Hall–Kier alpha value is -3.68. The molecule has 1 amide bonds. The number of aromatic nitrogens is 2. The van der Waals surface area contributed by atoms with Crippen molar-refractivity contribution in [1.82, 2.24) is 15.0 Å². The van der Waals surface area contributed by atoms with Gasteiger partial charge in [0.25, 0.3) is 5.91 Å². The van der Waals surface area contributed by atoms with Crippen LogP contribution < -0.4 is 4.74 Å². The van der Waals surface area contributed by atoms with Gasteiger partial charge >= 0.3 is 5.97 Å². The van der Waals surface area contributed by atoms with Crippen molar-refractivity contribution in [2.24, 2.45) is 0 Å². The summed E-state index contributed by atoms with van der Waals surface area (Å²) in [6.45, 7) is 9.52. The Kier molecular flexibility index (Phi) is 8.04. The van der Waals surface area contributed by atoms with Gasteiger partial charge in [0.1, 0.15) is 17.9 Å². The lowest BCUT2D eigenvalue weighted by Gasteiger charge is -2.25. The molecule has 3 aromatic rings. The van der Waals surface area contributed by atoms with Crippen molar-refractivity contribution in [3.8, 4) is 17.1 Å². The molecule has 0 unspecified atom stereocenters. The lowest BCUT2D eigenvalue weighted by atomic mass is 10.1. The first-order valence-electron chi connectivity index (χ1n) is 11.3. The quantitative estimate of drug-likeness (QED) is 0.393. The smallest absolute Gasteiger partial charge is 0.338 e. The summed E-state index contributed by atoms with van der Waals surface area (Å²) in [7, 11) is 0. The predicted octanol–water partition coefficient (Wildman–Crippen LogP) is 4.90. The van der Waals surface area contributed by atoms with Gasteiger partial charge in [-0.15, -0.1) is 0 Å². The molecule has 2 aromatic carbocycles. The highest BCUT2D eigenvalue weighted by atomic mass is 16.6. The maximum atomic E-state index is 12.8. The van der Waals surface area contributed by atoms with Gasteiger partial charge in [-0.3, -0.25) is 4.79 Å². The molecule has 0 saturated carbocycles. The Labute approximate surface area is 199 Å². The lowest BCUT2D eigenvalue weighted by Crippen LogP contribution is -2.39. The van der Waals surface area contributed by atoms with Crippen molar-refractivity contribution in [2.75, 3.05) is 6.61 Å². The number of esters is 1. The average molecular weight is 466 g/mol. The molecule has 0 atom stereocenters. The summed E-state index contributed by atoms with van der Waals surface area (Å²) >= 11 is 0. The maximum Gasteiger partial charge on any atom is 0.338 e. The van der Waals surface area contributed by atoms with Gasteiger partial charge in [0, 0.05) is 11.6 Å². The molecule has 8 nitrogen and oxygen atoms in total. The van der Waals surface area contributed by atoms with Crippen molar-refractivity contribution >= 4 is 11.9 Å². The number of ether oxygens (including phenoxy) is 2. The molecule has 8 heteroatoms. The van der Waals surface area contributed by atoms with Gasteiger partial charge in [0.2, 0.25) is 11.7 Å². The number of hydrogen-bond acceptors (Lipinski definition) is 7. The zero-order valence-electron chi connectivity index (χ0n) is 20.3. The number of amides is 1. The van der Waals surface area contributed by atoms with Gasteiger partial charge in [0.05, 0.1) is 5.56 Å². The molecule has 0 spiro atoms. The average Bonchev–Trinajstić information content (AvgIpc) is 3.30. The van der Waals surface area contributed by atoms with E-state index in [9.17, 15) is 9.59 Å². The standard InChI is InChI=1S/C26H31N3O5/c1-6-26(4,5)33-25(31)20-12-14-21(15-13-20)32-17-23(30)29(18(2)3)16-22-27-24(28-34-22)19-10-8-7-9-11-19/h7-15,18H,6,16-17H2,1-5H3. The second-order valence-corrected chi connectivity index (χ2v) is 8.81. The molecule has 0 aliphatic carbocycles. The van der Waals surface area contributed by atoms with Crippen LogP contribution in [0.4, 0.5) is 0 Å². The number of hydrogen-bond donors (Lipinski definition) is 0. The molecule has 1 heterocycles. The SMILES string of the molecule is CCC(C)(C)OC(=O)c1ccc(OCC(=O)N(Cc2nc(-c3ccccc3)no2)C(C)C)cc1.